The summed E-state index contributed by atoms with van der Waals surface area (Å²) in [5.41, 5.74) is -0.248. The average molecular weight is 358 g/mol. The zero-order valence-electron chi connectivity index (χ0n) is 14.8. The third-order valence-electron chi connectivity index (χ3n) is 3.40. The van der Waals surface area contributed by atoms with Crippen molar-refractivity contribution in [2.24, 2.45) is 4.99 Å². The van der Waals surface area contributed by atoms with Gasteiger partial charge in [-0.3, -0.25) is 4.79 Å². The largest absolute Gasteiger partial charge is 0.416 e. The normalized spacial score (nSPS) is 12.0. The molecular weight excluding hydrogens is 333 g/mol. The number of amides is 1. The number of unbranched alkanes of at least 4 members (excludes halogenated alkanes) is 1. The van der Waals surface area contributed by atoms with Crippen LogP contribution in [0.1, 0.15) is 30.9 Å². The number of likely N-dealkylation sites (N-methyl/N-ethyl adjacent to an activating group) is 1. The number of aliphatic imine (C=N–C) groups is 1. The number of halogens is 3. The summed E-state index contributed by atoms with van der Waals surface area (Å²) >= 11 is 0. The van der Waals surface area contributed by atoms with Gasteiger partial charge in [0.25, 0.3) is 0 Å². The Morgan fingerprint density at radius 2 is 1.96 bits per heavy atom. The van der Waals surface area contributed by atoms with E-state index in [1.165, 1.54) is 11.0 Å². The number of guanidine groups is 1. The number of nitrogens with zero attached hydrogens (tertiary/aromatic N) is 2. The maximum absolute atomic E-state index is 12.8. The number of rotatable bonds is 7. The molecule has 0 aromatic heterocycles. The molecule has 0 unspecified atom stereocenters. The Hall–Kier alpha value is -2.25. The summed E-state index contributed by atoms with van der Waals surface area (Å²) in [6.45, 7) is 2.86. The Morgan fingerprint density at radius 3 is 2.56 bits per heavy atom. The molecule has 0 aliphatic heterocycles. The maximum atomic E-state index is 12.8. The highest BCUT2D eigenvalue weighted by Crippen LogP contribution is 2.29. The number of carbonyl (C=O) groups is 1. The highest BCUT2D eigenvalue weighted by molar-refractivity contribution is 5.86. The monoisotopic (exact) mass is 358 g/mol. The van der Waals surface area contributed by atoms with Gasteiger partial charge in [0, 0.05) is 20.6 Å². The molecular formula is C17H25F3N4O. The van der Waals surface area contributed by atoms with E-state index in [1.54, 1.807) is 20.2 Å². The summed E-state index contributed by atoms with van der Waals surface area (Å²) in [6.07, 6.45) is -2.46. The van der Waals surface area contributed by atoms with Gasteiger partial charge in [-0.25, -0.2) is 4.99 Å². The van der Waals surface area contributed by atoms with Crippen LogP contribution in [0, 0.1) is 0 Å². The lowest BCUT2D eigenvalue weighted by Gasteiger charge is -2.15. The number of carbonyl (C=O) groups excluding carboxylic acids is 1. The van der Waals surface area contributed by atoms with Gasteiger partial charge in [-0.05, 0) is 24.1 Å². The molecule has 0 saturated carbocycles. The molecule has 1 aromatic carbocycles. The molecule has 0 aliphatic carbocycles. The summed E-state index contributed by atoms with van der Waals surface area (Å²) in [6, 6.07) is 5.06. The lowest BCUT2D eigenvalue weighted by Crippen LogP contribution is -2.43. The molecule has 0 atom stereocenters. The fourth-order valence-corrected chi connectivity index (χ4v) is 1.89. The van der Waals surface area contributed by atoms with Gasteiger partial charge < -0.3 is 15.5 Å². The second kappa shape index (κ2) is 9.90. The van der Waals surface area contributed by atoms with E-state index in [-0.39, 0.29) is 19.0 Å². The average Bonchev–Trinajstić information content (AvgIpc) is 2.56. The molecule has 0 aliphatic rings. The first kappa shape index (κ1) is 20.8. The molecule has 1 rings (SSSR count). The minimum Gasteiger partial charge on any atom is -0.356 e. The smallest absolute Gasteiger partial charge is 0.356 e. The lowest BCUT2D eigenvalue weighted by atomic mass is 10.1. The number of benzene rings is 1. The predicted octanol–water partition coefficient (Wildman–Crippen LogP) is 2.63. The van der Waals surface area contributed by atoms with Crippen LogP contribution in [-0.2, 0) is 17.5 Å². The Kier molecular flexibility index (Phi) is 8.24. The molecule has 5 nitrogen and oxygen atoms in total. The van der Waals surface area contributed by atoms with Crippen molar-refractivity contribution in [1.29, 1.82) is 0 Å². The molecule has 1 amide bonds. The van der Waals surface area contributed by atoms with E-state index in [4.69, 9.17) is 0 Å². The molecule has 0 heterocycles. The topological polar surface area (TPSA) is 56.7 Å². The predicted molar refractivity (Wildman–Crippen MR) is 92.2 cm³/mol. The van der Waals surface area contributed by atoms with E-state index < -0.39 is 11.7 Å². The quantitative estimate of drug-likeness (QED) is 0.448. The van der Waals surface area contributed by atoms with Crippen molar-refractivity contribution in [1.82, 2.24) is 15.5 Å². The molecule has 2 N–H and O–H groups in total. The minimum absolute atomic E-state index is 0.0630. The van der Waals surface area contributed by atoms with Crippen molar-refractivity contribution < 1.29 is 18.0 Å². The first-order valence-corrected chi connectivity index (χ1v) is 8.12. The molecule has 0 bridgehead atoms. The second-order valence-corrected chi connectivity index (χ2v) is 5.79. The molecule has 0 radical (unpaired) electrons. The van der Waals surface area contributed by atoms with E-state index >= 15 is 0 Å². The van der Waals surface area contributed by atoms with Gasteiger partial charge in [0.15, 0.2) is 5.96 Å². The van der Waals surface area contributed by atoms with E-state index in [9.17, 15) is 18.0 Å². The summed E-state index contributed by atoms with van der Waals surface area (Å²) in [7, 11) is 3.29. The van der Waals surface area contributed by atoms with Crippen LogP contribution in [-0.4, -0.2) is 44.0 Å². The Morgan fingerprint density at radius 1 is 1.24 bits per heavy atom. The number of nitrogens with one attached hydrogen (secondary N) is 2. The third-order valence-corrected chi connectivity index (χ3v) is 3.40. The molecule has 1 aromatic rings. The van der Waals surface area contributed by atoms with Crippen molar-refractivity contribution in [3.05, 3.63) is 35.4 Å². The molecule has 25 heavy (non-hydrogen) atoms. The van der Waals surface area contributed by atoms with Gasteiger partial charge in [-0.2, -0.15) is 13.2 Å². The Bertz CT molecular complexity index is 586. The van der Waals surface area contributed by atoms with Crippen LogP contribution >= 0.6 is 0 Å². The van der Waals surface area contributed by atoms with Crippen LogP contribution in [0.5, 0.6) is 0 Å². The zero-order valence-corrected chi connectivity index (χ0v) is 14.8. The summed E-state index contributed by atoms with van der Waals surface area (Å²) in [5.74, 6) is 0.283. The van der Waals surface area contributed by atoms with Crippen molar-refractivity contribution in [3.63, 3.8) is 0 Å². The van der Waals surface area contributed by atoms with Crippen LogP contribution in [0.25, 0.3) is 0 Å². The SMILES string of the molecule is CCCCNC(=NCc1cccc(C(F)(F)F)c1)NCC(=O)N(C)C. The third kappa shape index (κ3) is 7.91. The van der Waals surface area contributed by atoms with E-state index in [0.29, 0.717) is 18.1 Å². The Balaban J connectivity index is 2.77. The fraction of sp³-hybridized carbons (Fsp3) is 0.529. The van der Waals surface area contributed by atoms with Gasteiger partial charge in [0.2, 0.25) is 5.91 Å². The van der Waals surface area contributed by atoms with Crippen LogP contribution in [0.2, 0.25) is 0 Å². The number of alkyl halides is 3. The van der Waals surface area contributed by atoms with E-state index in [1.807, 2.05) is 6.92 Å². The van der Waals surface area contributed by atoms with Gasteiger partial charge in [0.05, 0.1) is 18.7 Å². The van der Waals surface area contributed by atoms with Gasteiger partial charge >= 0.3 is 6.18 Å². The van der Waals surface area contributed by atoms with Crippen LogP contribution in [0.15, 0.2) is 29.3 Å². The van der Waals surface area contributed by atoms with Crippen LogP contribution in [0.3, 0.4) is 0 Å². The summed E-state index contributed by atoms with van der Waals surface area (Å²) < 4.78 is 38.3. The van der Waals surface area contributed by atoms with Gasteiger partial charge in [-0.1, -0.05) is 25.5 Å². The lowest BCUT2D eigenvalue weighted by molar-refractivity contribution is -0.137. The van der Waals surface area contributed by atoms with Crippen molar-refractivity contribution in [3.8, 4) is 0 Å². The molecule has 0 saturated heterocycles. The van der Waals surface area contributed by atoms with Gasteiger partial charge in [0.1, 0.15) is 0 Å². The van der Waals surface area contributed by atoms with Crippen LogP contribution < -0.4 is 10.6 Å². The molecule has 8 heteroatoms. The molecule has 140 valence electrons. The second-order valence-electron chi connectivity index (χ2n) is 5.79. The minimum atomic E-state index is -4.38. The van der Waals surface area contributed by atoms with Crippen molar-refractivity contribution >= 4 is 11.9 Å². The maximum Gasteiger partial charge on any atom is 0.416 e. The highest BCUT2D eigenvalue weighted by Gasteiger charge is 2.30. The van der Waals surface area contributed by atoms with Crippen LogP contribution in [0.4, 0.5) is 13.2 Å². The number of hydrogen-bond donors (Lipinski definition) is 2. The molecule has 0 fully saturated rings. The van der Waals surface area contributed by atoms with Gasteiger partial charge in [-0.15, -0.1) is 0 Å². The van der Waals surface area contributed by atoms with E-state index in [2.05, 4.69) is 15.6 Å². The van der Waals surface area contributed by atoms with Crippen molar-refractivity contribution in [2.75, 3.05) is 27.2 Å². The summed E-state index contributed by atoms with van der Waals surface area (Å²) in [4.78, 5) is 17.4. The summed E-state index contributed by atoms with van der Waals surface area (Å²) in [5, 5.41) is 5.98. The zero-order chi connectivity index (χ0) is 18.9. The Labute approximate surface area is 146 Å². The highest BCUT2D eigenvalue weighted by atomic mass is 19.4. The first-order valence-electron chi connectivity index (χ1n) is 8.12. The molecule has 0 spiro atoms. The standard InChI is InChI=1S/C17H25F3N4O/c1-4-5-9-21-16(23-12-15(25)24(2)3)22-11-13-7-6-8-14(10-13)17(18,19)20/h6-8,10H,4-5,9,11-12H2,1-3H3,(H2,21,22,23). The fourth-order valence-electron chi connectivity index (χ4n) is 1.89. The van der Waals surface area contributed by atoms with Crippen molar-refractivity contribution in [2.45, 2.75) is 32.5 Å². The first-order chi connectivity index (χ1) is 11.7. The van der Waals surface area contributed by atoms with E-state index in [0.717, 1.165) is 25.0 Å². The number of hydrogen-bond acceptors (Lipinski definition) is 2.